The minimum Gasteiger partial charge on any atom is -0.481 e. The van der Waals surface area contributed by atoms with E-state index in [1.165, 1.54) is 24.3 Å². The molecule has 0 fully saturated rings. The zero-order valence-corrected chi connectivity index (χ0v) is 10.4. The second-order valence-electron chi connectivity index (χ2n) is 3.69. The minimum atomic E-state index is -4.35. The Balaban J connectivity index is 2.97. The minimum absolute atomic E-state index is 0.103. The van der Waals surface area contributed by atoms with Crippen molar-refractivity contribution >= 4 is 33.3 Å². The molecule has 0 heterocycles. The summed E-state index contributed by atoms with van der Waals surface area (Å²) in [7, 11) is -4.35. The molecular weight excluding hydrogens is 276 g/mol. The number of sulfonamides is 1. The molecule has 0 aliphatic rings. The summed E-state index contributed by atoms with van der Waals surface area (Å²) in [6, 6.07) is 5.52. The maximum absolute atomic E-state index is 11.8. The number of hydrogen-bond donors (Lipinski definition) is 4. The van der Waals surface area contributed by atoms with Crippen molar-refractivity contribution in [1.29, 1.82) is 0 Å². The van der Waals surface area contributed by atoms with Crippen LogP contribution in [0.25, 0.3) is 0 Å². The van der Waals surface area contributed by atoms with Gasteiger partial charge in [-0.25, -0.2) is 8.42 Å². The summed E-state index contributed by atoms with van der Waals surface area (Å²) in [5.41, 5.74) is 5.92. The largest absolute Gasteiger partial charge is 0.481 e. The maximum atomic E-state index is 11.8. The zero-order valence-electron chi connectivity index (χ0n) is 9.61. The molecule has 1 aromatic carbocycles. The zero-order chi connectivity index (χ0) is 14.6. The van der Waals surface area contributed by atoms with Gasteiger partial charge in [-0.3, -0.25) is 14.3 Å². The van der Waals surface area contributed by atoms with Crippen molar-refractivity contribution in [2.45, 2.75) is 11.7 Å². The Labute approximate surface area is 108 Å². The molecule has 1 rings (SSSR count). The van der Waals surface area contributed by atoms with Crippen LogP contribution in [0.2, 0.25) is 0 Å². The molecule has 8 nitrogen and oxygen atoms in total. The van der Waals surface area contributed by atoms with Crippen molar-refractivity contribution in [3.05, 3.63) is 24.3 Å². The molecule has 0 bridgehead atoms. The molecule has 104 valence electrons. The fourth-order valence-corrected chi connectivity index (χ4v) is 2.51. The molecule has 9 heteroatoms. The van der Waals surface area contributed by atoms with Crippen LogP contribution in [-0.4, -0.2) is 35.8 Å². The van der Waals surface area contributed by atoms with Crippen molar-refractivity contribution in [2.75, 3.05) is 10.5 Å². The first-order valence-corrected chi connectivity index (χ1v) is 6.59. The summed E-state index contributed by atoms with van der Waals surface area (Å²) in [5.74, 6) is -3.25. The summed E-state index contributed by atoms with van der Waals surface area (Å²) >= 11 is 0. The van der Waals surface area contributed by atoms with Gasteiger partial charge >= 0.3 is 11.9 Å². The van der Waals surface area contributed by atoms with Gasteiger partial charge in [0.1, 0.15) is 0 Å². The van der Waals surface area contributed by atoms with Crippen molar-refractivity contribution < 1.29 is 28.2 Å². The first kappa shape index (κ1) is 14.8. The number of benzene rings is 1. The molecule has 19 heavy (non-hydrogen) atoms. The number of hydrogen-bond acceptors (Lipinski definition) is 5. The predicted molar refractivity (Wildman–Crippen MR) is 67.1 cm³/mol. The number of nitrogens with two attached hydrogens (primary N) is 1. The Morgan fingerprint density at radius 3 is 2.16 bits per heavy atom. The highest BCUT2D eigenvalue weighted by Crippen LogP contribution is 2.16. The van der Waals surface area contributed by atoms with E-state index in [0.29, 0.717) is 5.69 Å². The average molecular weight is 288 g/mol. The highest BCUT2D eigenvalue weighted by Gasteiger charge is 2.34. The molecule has 1 atom stereocenters. The number of anilines is 2. The van der Waals surface area contributed by atoms with E-state index in [1.54, 1.807) is 0 Å². The number of carbonyl (C=O) groups is 2. The van der Waals surface area contributed by atoms with E-state index in [4.69, 9.17) is 15.9 Å². The summed E-state index contributed by atoms with van der Waals surface area (Å²) in [4.78, 5) is 21.3. The van der Waals surface area contributed by atoms with Crippen LogP contribution in [0.5, 0.6) is 0 Å². The fraction of sp³-hybridized carbons (Fsp3) is 0.200. The molecule has 5 N–H and O–H groups in total. The van der Waals surface area contributed by atoms with E-state index in [0.717, 1.165) is 0 Å². The fourth-order valence-electron chi connectivity index (χ4n) is 1.27. The van der Waals surface area contributed by atoms with E-state index in [9.17, 15) is 18.0 Å². The van der Waals surface area contributed by atoms with Gasteiger partial charge in [-0.1, -0.05) is 0 Å². The van der Waals surface area contributed by atoms with Crippen molar-refractivity contribution in [3.8, 4) is 0 Å². The third-order valence-electron chi connectivity index (χ3n) is 2.18. The summed E-state index contributed by atoms with van der Waals surface area (Å²) < 4.78 is 25.6. The number of nitrogens with one attached hydrogen (secondary N) is 1. The molecule has 0 spiro atoms. The first-order chi connectivity index (χ1) is 8.72. The van der Waals surface area contributed by atoms with Gasteiger partial charge in [0, 0.05) is 11.4 Å². The number of rotatable bonds is 6. The van der Waals surface area contributed by atoms with Crippen LogP contribution in [0.3, 0.4) is 0 Å². The van der Waals surface area contributed by atoms with Gasteiger partial charge in [0.2, 0.25) is 10.0 Å². The lowest BCUT2D eigenvalue weighted by Gasteiger charge is -2.13. The third-order valence-corrected chi connectivity index (χ3v) is 3.82. The van der Waals surface area contributed by atoms with Gasteiger partial charge in [0.05, 0.1) is 6.42 Å². The van der Waals surface area contributed by atoms with Crippen LogP contribution < -0.4 is 10.5 Å². The average Bonchev–Trinajstić information content (AvgIpc) is 2.28. The maximum Gasteiger partial charge on any atom is 0.324 e. The van der Waals surface area contributed by atoms with Crippen LogP contribution in [0.1, 0.15) is 6.42 Å². The summed E-state index contributed by atoms with van der Waals surface area (Å²) in [6.45, 7) is 0. The Hall–Kier alpha value is -2.29. The standard InChI is InChI=1S/C10H12N2O6S/c11-6-1-3-7(4-2-6)12-19(17,18)8(10(15)16)5-9(13)14/h1-4,8,12H,5,11H2,(H,13,14)(H,15,16). The SMILES string of the molecule is Nc1ccc(NS(=O)(=O)C(CC(=O)O)C(=O)O)cc1. The Kier molecular flexibility index (Phi) is 4.33. The normalized spacial score (nSPS) is 12.6. The molecule has 0 aromatic heterocycles. The molecule has 1 unspecified atom stereocenters. The predicted octanol–water partition coefficient (Wildman–Crippen LogP) is -0.0616. The Bertz CT molecular complexity index is 581. The van der Waals surface area contributed by atoms with Crippen LogP contribution in [0.15, 0.2) is 24.3 Å². The van der Waals surface area contributed by atoms with E-state index in [-0.39, 0.29) is 5.69 Å². The van der Waals surface area contributed by atoms with Gasteiger partial charge in [-0.15, -0.1) is 0 Å². The summed E-state index contributed by atoms with van der Waals surface area (Å²) in [6.07, 6.45) is -1.03. The van der Waals surface area contributed by atoms with E-state index < -0.39 is 33.6 Å². The lowest BCUT2D eigenvalue weighted by molar-refractivity contribution is -0.143. The van der Waals surface area contributed by atoms with Crippen molar-refractivity contribution in [2.24, 2.45) is 0 Å². The van der Waals surface area contributed by atoms with E-state index in [2.05, 4.69) is 0 Å². The quantitative estimate of drug-likeness (QED) is 0.536. The Morgan fingerprint density at radius 1 is 1.21 bits per heavy atom. The second-order valence-corrected chi connectivity index (χ2v) is 5.56. The molecular formula is C10H12N2O6S. The Morgan fingerprint density at radius 2 is 1.74 bits per heavy atom. The highest BCUT2D eigenvalue weighted by molar-refractivity contribution is 7.94. The van der Waals surface area contributed by atoms with Crippen LogP contribution >= 0.6 is 0 Å². The van der Waals surface area contributed by atoms with Gasteiger partial charge in [-0.2, -0.15) is 0 Å². The van der Waals surface area contributed by atoms with E-state index in [1.807, 2.05) is 4.72 Å². The number of carboxylic acids is 2. The molecule has 0 saturated heterocycles. The van der Waals surface area contributed by atoms with Crippen molar-refractivity contribution in [3.63, 3.8) is 0 Å². The lowest BCUT2D eigenvalue weighted by atomic mass is 10.3. The molecule has 0 radical (unpaired) electrons. The number of nitrogen functional groups attached to an aromatic ring is 1. The third kappa shape index (κ3) is 4.14. The summed E-state index contributed by atoms with van der Waals surface area (Å²) in [5, 5.41) is 15.2. The van der Waals surface area contributed by atoms with Crippen molar-refractivity contribution in [1.82, 2.24) is 0 Å². The highest BCUT2D eigenvalue weighted by atomic mass is 32.2. The monoisotopic (exact) mass is 288 g/mol. The van der Waals surface area contributed by atoms with Crippen LogP contribution in [0, 0.1) is 0 Å². The van der Waals surface area contributed by atoms with E-state index >= 15 is 0 Å². The van der Waals surface area contributed by atoms with Gasteiger partial charge in [0.15, 0.2) is 5.25 Å². The lowest BCUT2D eigenvalue weighted by Crippen LogP contribution is -2.36. The van der Waals surface area contributed by atoms with Gasteiger partial charge in [-0.05, 0) is 24.3 Å². The van der Waals surface area contributed by atoms with Gasteiger partial charge in [0.25, 0.3) is 0 Å². The molecule has 1 aromatic rings. The second kappa shape index (κ2) is 5.57. The van der Waals surface area contributed by atoms with Gasteiger partial charge < -0.3 is 15.9 Å². The topological polar surface area (TPSA) is 147 Å². The van der Waals surface area contributed by atoms with Crippen LogP contribution in [-0.2, 0) is 19.6 Å². The number of aliphatic carboxylic acids is 2. The molecule has 0 saturated carbocycles. The molecule has 0 aliphatic heterocycles. The van der Waals surface area contributed by atoms with Crippen LogP contribution in [0.4, 0.5) is 11.4 Å². The smallest absolute Gasteiger partial charge is 0.324 e. The molecule has 0 aliphatic carbocycles. The molecule has 0 amide bonds. The first-order valence-electron chi connectivity index (χ1n) is 5.04. The number of carboxylic acid groups (broad SMARTS) is 2.